The van der Waals surface area contributed by atoms with Crippen molar-refractivity contribution in [2.75, 3.05) is 20.6 Å². The van der Waals surface area contributed by atoms with E-state index in [2.05, 4.69) is 5.32 Å². The van der Waals surface area contributed by atoms with Gasteiger partial charge in [-0.25, -0.2) is 13.2 Å². The van der Waals surface area contributed by atoms with Gasteiger partial charge >= 0.3 is 5.97 Å². The molecule has 1 aromatic heterocycles. The van der Waals surface area contributed by atoms with Crippen LogP contribution in [0.5, 0.6) is 0 Å². The Hall–Kier alpha value is -3.57. The smallest absolute Gasteiger partial charge is 0.305 e. The lowest BCUT2D eigenvalue weighted by Crippen LogP contribution is -2.40. The van der Waals surface area contributed by atoms with Crippen molar-refractivity contribution < 1.29 is 27.9 Å². The first-order chi connectivity index (χ1) is 19.7. The third kappa shape index (κ3) is 9.21. The molecule has 2 aromatic carbocycles. The first kappa shape index (κ1) is 35.6. The van der Waals surface area contributed by atoms with Crippen LogP contribution in [0.2, 0.25) is 0 Å². The zero-order chi connectivity index (χ0) is 31.3. The van der Waals surface area contributed by atoms with E-state index in [1.54, 1.807) is 26.1 Å². The third-order valence-corrected chi connectivity index (χ3v) is 7.09. The van der Waals surface area contributed by atoms with Crippen LogP contribution in [0.4, 0.5) is 13.2 Å². The molecule has 1 heterocycles. The molecule has 0 aliphatic rings. The molecule has 2 atom stereocenters. The summed E-state index contributed by atoms with van der Waals surface area (Å²) in [6, 6.07) is 5.38. The number of carboxylic acid groups (broad SMARTS) is 1. The second-order valence-electron chi connectivity index (χ2n) is 11.4. The molecular formula is C32H40F3N3O4S. The summed E-state index contributed by atoms with van der Waals surface area (Å²) in [5.41, 5.74) is 1.70. The number of carboxylic acids is 1. The van der Waals surface area contributed by atoms with Crippen molar-refractivity contribution in [3.05, 3.63) is 92.7 Å². The van der Waals surface area contributed by atoms with Crippen molar-refractivity contribution in [3.63, 3.8) is 0 Å². The Kier molecular flexibility index (Phi) is 12.6. The summed E-state index contributed by atoms with van der Waals surface area (Å²) >= 11 is 0. The van der Waals surface area contributed by atoms with Crippen molar-refractivity contribution in [1.82, 2.24) is 14.8 Å². The average molecular weight is 620 g/mol. The molecule has 0 fully saturated rings. The Bertz CT molecular complexity index is 1500. The number of halogens is 3. The second-order valence-corrected chi connectivity index (χ2v) is 11.4. The molecule has 2 N–H and O–H groups in total. The number of aromatic nitrogens is 1. The number of aryl methyl sites for hydroxylation is 2. The SMILES string of the molecule is Cc1cc(F)cc(C)c1-c1cc(F)c(F)c([C@H](CC(=O)O)NC(=O)C(CC(C)C)n2cc(CCN(C)C)ccc2=O)c1.S. The second kappa shape index (κ2) is 15.2. The van der Waals surface area contributed by atoms with E-state index in [-0.39, 0.29) is 37.0 Å². The molecule has 3 aromatic rings. The molecule has 234 valence electrons. The lowest BCUT2D eigenvalue weighted by Gasteiger charge is -2.26. The standard InChI is InChI=1S/C32H38F3N3O4.H2S/c1-18(2)11-27(38-17-21(7-8-28(38)39)9-10-37(5)6)32(42)36-26(16-29(40)41)24-14-22(15-25(34)31(24)35)30-19(3)12-23(33)13-20(30)4;/h7-8,12-15,17-18,26-27H,9-11,16H2,1-6H3,(H,36,42)(H,40,41);1H2/t26-,27?;/m0./s1. The maximum atomic E-state index is 15.3. The van der Waals surface area contributed by atoms with E-state index in [1.165, 1.54) is 28.8 Å². The van der Waals surface area contributed by atoms with Gasteiger partial charge in [-0.2, -0.15) is 13.5 Å². The molecule has 11 heteroatoms. The number of nitrogens with one attached hydrogen (secondary N) is 1. The number of aliphatic carboxylic acids is 1. The number of hydrogen-bond donors (Lipinski definition) is 2. The minimum atomic E-state index is -1.45. The van der Waals surface area contributed by atoms with Gasteiger partial charge in [0.15, 0.2) is 11.6 Å². The quantitative estimate of drug-likeness (QED) is 0.272. The summed E-state index contributed by atoms with van der Waals surface area (Å²) in [4.78, 5) is 40.5. The predicted molar refractivity (Wildman–Crippen MR) is 166 cm³/mol. The summed E-state index contributed by atoms with van der Waals surface area (Å²) in [7, 11) is 3.84. The van der Waals surface area contributed by atoms with Crippen LogP contribution in [0, 0.1) is 37.2 Å². The van der Waals surface area contributed by atoms with Crippen molar-refractivity contribution in [3.8, 4) is 11.1 Å². The summed E-state index contributed by atoms with van der Waals surface area (Å²) in [6.45, 7) is 7.73. The van der Waals surface area contributed by atoms with Crippen molar-refractivity contribution in [2.24, 2.45) is 5.92 Å². The number of carbonyl (C=O) groups is 2. The Morgan fingerprint density at radius 1 is 1.02 bits per heavy atom. The zero-order valence-corrected chi connectivity index (χ0v) is 26.3. The van der Waals surface area contributed by atoms with Gasteiger partial charge in [-0.15, -0.1) is 0 Å². The maximum Gasteiger partial charge on any atom is 0.305 e. The number of amides is 1. The highest BCUT2D eigenvalue weighted by Crippen LogP contribution is 2.34. The van der Waals surface area contributed by atoms with Gasteiger partial charge in [0.2, 0.25) is 5.91 Å². The highest BCUT2D eigenvalue weighted by atomic mass is 32.1. The number of likely N-dealkylation sites (N-methyl/N-ethyl adjacent to an activating group) is 1. The Balaban J connectivity index is 0.00000645. The number of rotatable bonds is 12. The first-order valence-corrected chi connectivity index (χ1v) is 13.8. The Labute approximate surface area is 257 Å². The number of hydrogen-bond acceptors (Lipinski definition) is 4. The van der Waals surface area contributed by atoms with Gasteiger partial charge in [-0.3, -0.25) is 14.4 Å². The molecule has 0 radical (unpaired) electrons. The zero-order valence-electron chi connectivity index (χ0n) is 25.3. The molecule has 43 heavy (non-hydrogen) atoms. The summed E-state index contributed by atoms with van der Waals surface area (Å²) in [5.74, 6) is -5.09. The molecule has 0 saturated heterocycles. The van der Waals surface area contributed by atoms with Gasteiger partial charge in [-0.05, 0) is 98.8 Å². The van der Waals surface area contributed by atoms with E-state index in [1.807, 2.05) is 32.8 Å². The van der Waals surface area contributed by atoms with Crippen LogP contribution in [0.3, 0.4) is 0 Å². The fourth-order valence-electron chi connectivity index (χ4n) is 5.14. The number of pyridine rings is 1. The van der Waals surface area contributed by atoms with Crippen LogP contribution in [-0.2, 0) is 16.0 Å². The maximum absolute atomic E-state index is 15.3. The molecule has 7 nitrogen and oxygen atoms in total. The van der Waals surface area contributed by atoms with E-state index in [0.717, 1.165) is 11.6 Å². The van der Waals surface area contributed by atoms with Crippen LogP contribution in [0.1, 0.15) is 61.0 Å². The van der Waals surface area contributed by atoms with Gasteiger partial charge in [-0.1, -0.05) is 19.9 Å². The van der Waals surface area contributed by atoms with Gasteiger partial charge in [0.05, 0.1) is 12.5 Å². The highest BCUT2D eigenvalue weighted by molar-refractivity contribution is 7.59. The van der Waals surface area contributed by atoms with Crippen LogP contribution >= 0.6 is 13.5 Å². The van der Waals surface area contributed by atoms with Crippen molar-refractivity contribution in [1.29, 1.82) is 0 Å². The predicted octanol–water partition coefficient (Wildman–Crippen LogP) is 5.69. The summed E-state index contributed by atoms with van der Waals surface area (Å²) < 4.78 is 45.5. The average Bonchev–Trinajstić information content (AvgIpc) is 2.87. The van der Waals surface area contributed by atoms with Gasteiger partial charge in [0.25, 0.3) is 5.56 Å². The molecular weight excluding hydrogens is 579 g/mol. The minimum absolute atomic E-state index is 0. The van der Waals surface area contributed by atoms with E-state index < -0.39 is 53.4 Å². The van der Waals surface area contributed by atoms with Crippen molar-refractivity contribution in [2.45, 2.75) is 59.0 Å². The minimum Gasteiger partial charge on any atom is -0.481 e. The van der Waals surface area contributed by atoms with E-state index in [9.17, 15) is 28.3 Å². The monoisotopic (exact) mass is 619 g/mol. The Morgan fingerprint density at radius 3 is 2.21 bits per heavy atom. The Morgan fingerprint density at radius 2 is 1.65 bits per heavy atom. The molecule has 1 amide bonds. The molecule has 3 rings (SSSR count). The van der Waals surface area contributed by atoms with Crippen LogP contribution in [-0.4, -0.2) is 47.1 Å². The topological polar surface area (TPSA) is 91.6 Å². The summed E-state index contributed by atoms with van der Waals surface area (Å²) in [5, 5.41) is 12.2. The number of carbonyl (C=O) groups excluding carboxylic acids is 1. The highest BCUT2D eigenvalue weighted by Gasteiger charge is 2.29. The molecule has 0 aliphatic heterocycles. The van der Waals surface area contributed by atoms with Gasteiger partial charge in [0, 0.05) is 24.4 Å². The summed E-state index contributed by atoms with van der Waals surface area (Å²) in [6.07, 6.45) is 1.75. The van der Waals surface area contributed by atoms with Crippen LogP contribution in [0.15, 0.2) is 47.4 Å². The van der Waals surface area contributed by atoms with Gasteiger partial charge in [0.1, 0.15) is 11.9 Å². The molecule has 0 bridgehead atoms. The fourth-order valence-corrected chi connectivity index (χ4v) is 5.14. The van der Waals surface area contributed by atoms with Crippen LogP contribution in [0.25, 0.3) is 11.1 Å². The molecule has 0 aliphatic carbocycles. The van der Waals surface area contributed by atoms with E-state index >= 15 is 4.39 Å². The molecule has 0 spiro atoms. The largest absolute Gasteiger partial charge is 0.481 e. The lowest BCUT2D eigenvalue weighted by atomic mass is 9.91. The normalized spacial score (nSPS) is 12.6. The van der Waals surface area contributed by atoms with Crippen LogP contribution < -0.4 is 10.9 Å². The van der Waals surface area contributed by atoms with E-state index in [4.69, 9.17) is 0 Å². The van der Waals surface area contributed by atoms with Gasteiger partial charge < -0.3 is 19.9 Å². The van der Waals surface area contributed by atoms with E-state index in [0.29, 0.717) is 29.7 Å². The fraction of sp³-hybridized carbons (Fsp3) is 0.406. The molecule has 0 saturated carbocycles. The number of benzene rings is 2. The molecule has 1 unspecified atom stereocenters. The lowest BCUT2D eigenvalue weighted by molar-refractivity contribution is -0.138. The first-order valence-electron chi connectivity index (χ1n) is 13.8. The number of nitrogens with zero attached hydrogens (tertiary/aromatic N) is 2. The van der Waals surface area contributed by atoms with Crippen molar-refractivity contribution >= 4 is 25.4 Å². The third-order valence-electron chi connectivity index (χ3n) is 7.09.